The van der Waals surface area contributed by atoms with E-state index < -0.39 is 0 Å². The lowest BCUT2D eigenvalue weighted by atomic mass is 10.1. The second-order valence-corrected chi connectivity index (χ2v) is 7.39. The van der Waals surface area contributed by atoms with Crippen molar-refractivity contribution < 1.29 is 9.53 Å². The Morgan fingerprint density at radius 1 is 1.00 bits per heavy atom. The fraction of sp³-hybridized carbons (Fsp3) is 0.182. The quantitative estimate of drug-likeness (QED) is 0.443. The molecule has 3 rings (SSSR count). The van der Waals surface area contributed by atoms with Crippen LogP contribution in [0.1, 0.15) is 23.9 Å². The lowest BCUT2D eigenvalue weighted by Crippen LogP contribution is -2.25. The highest BCUT2D eigenvalue weighted by Gasteiger charge is 2.06. The molecular formula is C22H22BrN3O2. The number of rotatable bonds is 6. The Balaban J connectivity index is 1.58. The van der Waals surface area contributed by atoms with E-state index in [0.717, 1.165) is 21.4 Å². The van der Waals surface area contributed by atoms with Gasteiger partial charge in [-0.1, -0.05) is 28.1 Å². The van der Waals surface area contributed by atoms with E-state index in [1.807, 2.05) is 43.3 Å². The zero-order valence-corrected chi connectivity index (χ0v) is 17.7. The van der Waals surface area contributed by atoms with Crippen LogP contribution in [0, 0.1) is 13.8 Å². The van der Waals surface area contributed by atoms with Gasteiger partial charge in [-0.2, -0.15) is 5.10 Å². The van der Waals surface area contributed by atoms with E-state index >= 15 is 0 Å². The Morgan fingerprint density at radius 3 is 2.21 bits per heavy atom. The van der Waals surface area contributed by atoms with Crippen molar-refractivity contribution in [3.63, 3.8) is 0 Å². The smallest absolute Gasteiger partial charge is 0.277 e. The van der Waals surface area contributed by atoms with Crippen LogP contribution in [-0.2, 0) is 4.79 Å². The molecule has 0 aliphatic carbocycles. The van der Waals surface area contributed by atoms with Gasteiger partial charge in [-0.25, -0.2) is 5.43 Å². The first-order valence-electron chi connectivity index (χ1n) is 8.91. The molecule has 0 atom stereocenters. The fourth-order valence-corrected chi connectivity index (χ4v) is 3.11. The van der Waals surface area contributed by atoms with E-state index in [9.17, 15) is 4.79 Å². The minimum absolute atomic E-state index is 0.0937. The minimum Gasteiger partial charge on any atom is -0.484 e. The molecule has 28 heavy (non-hydrogen) atoms. The Kier molecular flexibility index (Phi) is 6.31. The highest BCUT2D eigenvalue weighted by molar-refractivity contribution is 9.10. The van der Waals surface area contributed by atoms with Crippen molar-refractivity contribution in [2.45, 2.75) is 20.8 Å². The van der Waals surface area contributed by atoms with Gasteiger partial charge in [0, 0.05) is 21.5 Å². The number of ether oxygens (including phenoxy) is 1. The molecule has 0 bridgehead atoms. The monoisotopic (exact) mass is 439 g/mol. The van der Waals surface area contributed by atoms with Gasteiger partial charge in [0.05, 0.1) is 5.71 Å². The first kappa shape index (κ1) is 19.9. The number of carbonyl (C=O) groups excluding carboxylic acids is 1. The molecule has 1 amide bonds. The van der Waals surface area contributed by atoms with Crippen molar-refractivity contribution in [1.82, 2.24) is 9.99 Å². The molecule has 0 aliphatic heterocycles. The summed E-state index contributed by atoms with van der Waals surface area (Å²) < 4.78 is 8.58. The summed E-state index contributed by atoms with van der Waals surface area (Å²) in [5, 5.41) is 4.17. The maximum Gasteiger partial charge on any atom is 0.277 e. The van der Waals surface area contributed by atoms with Crippen molar-refractivity contribution in [3.05, 3.63) is 82.1 Å². The number of benzene rings is 2. The first-order valence-corrected chi connectivity index (χ1v) is 9.70. The molecular weight excluding hydrogens is 418 g/mol. The van der Waals surface area contributed by atoms with Gasteiger partial charge in [-0.3, -0.25) is 4.79 Å². The van der Waals surface area contributed by atoms with Gasteiger partial charge in [0.2, 0.25) is 0 Å². The molecule has 1 aromatic heterocycles. The number of nitrogens with one attached hydrogen (secondary N) is 1. The van der Waals surface area contributed by atoms with Crippen LogP contribution in [0.15, 0.2) is 70.2 Å². The van der Waals surface area contributed by atoms with E-state index in [0.29, 0.717) is 5.75 Å². The lowest BCUT2D eigenvalue weighted by Gasteiger charge is -2.10. The van der Waals surface area contributed by atoms with E-state index in [1.165, 1.54) is 11.4 Å². The second kappa shape index (κ2) is 8.89. The predicted molar refractivity (Wildman–Crippen MR) is 115 cm³/mol. The molecule has 6 heteroatoms. The number of halogens is 1. The number of hydrazone groups is 1. The van der Waals surface area contributed by atoms with Gasteiger partial charge < -0.3 is 9.30 Å². The summed E-state index contributed by atoms with van der Waals surface area (Å²) in [5.74, 6) is 0.322. The largest absolute Gasteiger partial charge is 0.484 e. The van der Waals surface area contributed by atoms with E-state index in [4.69, 9.17) is 4.74 Å². The summed E-state index contributed by atoms with van der Waals surface area (Å²) in [4.78, 5) is 11.9. The van der Waals surface area contributed by atoms with Crippen LogP contribution in [-0.4, -0.2) is 22.8 Å². The summed E-state index contributed by atoms with van der Waals surface area (Å²) in [6.07, 6.45) is 0. The molecule has 144 valence electrons. The van der Waals surface area contributed by atoms with Gasteiger partial charge >= 0.3 is 0 Å². The molecule has 3 aromatic rings. The highest BCUT2D eigenvalue weighted by Crippen LogP contribution is 2.17. The zero-order chi connectivity index (χ0) is 20.1. The summed E-state index contributed by atoms with van der Waals surface area (Å²) in [7, 11) is 0. The van der Waals surface area contributed by atoms with Crippen molar-refractivity contribution in [3.8, 4) is 11.4 Å². The van der Waals surface area contributed by atoms with Gasteiger partial charge in [-0.15, -0.1) is 0 Å². The Hall–Kier alpha value is -2.86. The van der Waals surface area contributed by atoms with Gasteiger partial charge in [0.25, 0.3) is 5.91 Å². The zero-order valence-electron chi connectivity index (χ0n) is 16.1. The Bertz CT molecular complexity index is 970. The summed E-state index contributed by atoms with van der Waals surface area (Å²) in [6.45, 7) is 5.93. The number of carbonyl (C=O) groups is 1. The Labute approximate surface area is 173 Å². The number of hydrogen-bond donors (Lipinski definition) is 1. The van der Waals surface area contributed by atoms with E-state index in [1.54, 1.807) is 12.1 Å². The third-order valence-corrected chi connectivity index (χ3v) is 4.87. The lowest BCUT2D eigenvalue weighted by molar-refractivity contribution is -0.123. The number of hydrogen-bond acceptors (Lipinski definition) is 3. The number of amides is 1. The normalized spacial score (nSPS) is 11.4. The summed E-state index contributed by atoms with van der Waals surface area (Å²) >= 11 is 3.36. The van der Waals surface area contributed by atoms with Crippen molar-refractivity contribution in [1.29, 1.82) is 0 Å². The molecule has 0 aliphatic rings. The predicted octanol–water partition coefficient (Wildman–Crippen LogP) is 4.78. The third-order valence-electron chi connectivity index (χ3n) is 4.35. The van der Waals surface area contributed by atoms with Crippen LogP contribution >= 0.6 is 15.9 Å². The standard InChI is InChI=1S/C22H22BrN3O2/c1-15-4-5-16(2)26(15)20-10-6-18(7-11-20)17(3)24-25-22(27)14-28-21-12-8-19(23)9-13-21/h4-13H,14H2,1-3H3,(H,25,27)/b24-17+. The molecule has 5 nitrogen and oxygen atoms in total. The molecule has 0 saturated heterocycles. The third kappa shape index (κ3) is 4.89. The van der Waals surface area contributed by atoms with E-state index in [2.05, 4.69) is 57.0 Å². The molecule has 0 radical (unpaired) electrons. The maximum absolute atomic E-state index is 11.9. The highest BCUT2D eigenvalue weighted by atomic mass is 79.9. The maximum atomic E-state index is 11.9. The summed E-state index contributed by atoms with van der Waals surface area (Å²) in [5.41, 5.74) is 7.68. The average molecular weight is 440 g/mol. The first-order chi connectivity index (χ1) is 13.4. The molecule has 0 fully saturated rings. The van der Waals surface area contributed by atoms with E-state index in [-0.39, 0.29) is 12.5 Å². The molecule has 0 unspecified atom stereocenters. The second-order valence-electron chi connectivity index (χ2n) is 6.47. The van der Waals surface area contributed by atoms with Crippen LogP contribution in [0.2, 0.25) is 0 Å². The van der Waals surface area contributed by atoms with Crippen LogP contribution in [0.5, 0.6) is 5.75 Å². The van der Waals surface area contributed by atoms with Crippen molar-refractivity contribution >= 4 is 27.5 Å². The minimum atomic E-state index is -0.308. The van der Waals surface area contributed by atoms with Gasteiger partial charge in [-0.05, 0) is 74.9 Å². The number of aryl methyl sites for hydroxylation is 2. The average Bonchev–Trinajstić information content (AvgIpc) is 3.04. The molecule has 2 aromatic carbocycles. The van der Waals surface area contributed by atoms with Crippen LogP contribution in [0.3, 0.4) is 0 Å². The molecule has 1 heterocycles. The van der Waals surface area contributed by atoms with Crippen molar-refractivity contribution in [2.24, 2.45) is 5.10 Å². The van der Waals surface area contributed by atoms with Gasteiger partial charge in [0.15, 0.2) is 6.61 Å². The van der Waals surface area contributed by atoms with Crippen LogP contribution in [0.25, 0.3) is 5.69 Å². The Morgan fingerprint density at radius 2 is 1.61 bits per heavy atom. The molecule has 0 saturated carbocycles. The fourth-order valence-electron chi connectivity index (χ4n) is 2.85. The number of nitrogens with zero attached hydrogens (tertiary/aromatic N) is 2. The topological polar surface area (TPSA) is 55.6 Å². The molecule has 0 spiro atoms. The van der Waals surface area contributed by atoms with Gasteiger partial charge in [0.1, 0.15) is 5.75 Å². The molecule has 1 N–H and O–H groups in total. The summed E-state index contributed by atoms with van der Waals surface area (Å²) in [6, 6.07) is 19.6. The van der Waals surface area contributed by atoms with Crippen LogP contribution < -0.4 is 10.2 Å². The number of aromatic nitrogens is 1. The van der Waals surface area contributed by atoms with Crippen molar-refractivity contribution in [2.75, 3.05) is 6.61 Å². The van der Waals surface area contributed by atoms with Crippen LogP contribution in [0.4, 0.5) is 0 Å². The SMILES string of the molecule is C/C(=N\NC(=O)COc1ccc(Br)cc1)c1ccc(-n2c(C)ccc2C)cc1.